The number of rotatable bonds is 8. The van der Waals surface area contributed by atoms with Gasteiger partial charge in [0.25, 0.3) is 5.91 Å². The van der Waals surface area contributed by atoms with Gasteiger partial charge in [0.2, 0.25) is 0 Å². The summed E-state index contributed by atoms with van der Waals surface area (Å²) in [5.41, 5.74) is 3.94. The molecule has 0 saturated carbocycles. The maximum Gasteiger partial charge on any atom is 0.254 e. The number of benzene rings is 1. The van der Waals surface area contributed by atoms with Gasteiger partial charge in [-0.25, -0.2) is 5.43 Å². The van der Waals surface area contributed by atoms with Crippen molar-refractivity contribution in [2.24, 2.45) is 5.10 Å². The lowest BCUT2D eigenvalue weighted by atomic mass is 10.1. The molecule has 1 heterocycles. The molecule has 25 heavy (non-hydrogen) atoms. The number of hydrogen-bond donors (Lipinski definition) is 2. The Morgan fingerprint density at radius 3 is 2.92 bits per heavy atom. The Hall–Kier alpha value is -2.38. The van der Waals surface area contributed by atoms with Crippen LogP contribution in [0.4, 0.5) is 0 Å². The van der Waals surface area contributed by atoms with Crippen LogP contribution >= 0.6 is 0 Å². The molecule has 1 aromatic carbocycles. The highest BCUT2D eigenvalue weighted by Crippen LogP contribution is 2.31. The molecule has 7 heteroatoms. The smallest absolute Gasteiger partial charge is 0.254 e. The van der Waals surface area contributed by atoms with Gasteiger partial charge < -0.3 is 14.6 Å². The summed E-state index contributed by atoms with van der Waals surface area (Å²) in [5.74, 6) is 0.325. The molecule has 0 atom stereocenters. The van der Waals surface area contributed by atoms with Gasteiger partial charge in [0.05, 0.1) is 32.6 Å². The van der Waals surface area contributed by atoms with E-state index in [0.717, 1.165) is 18.7 Å². The number of nitrogens with zero attached hydrogens (tertiary/aromatic N) is 2. The van der Waals surface area contributed by atoms with E-state index < -0.39 is 0 Å². The van der Waals surface area contributed by atoms with Crippen LogP contribution < -0.4 is 10.2 Å². The van der Waals surface area contributed by atoms with Crippen molar-refractivity contribution in [3.8, 4) is 11.5 Å². The Morgan fingerprint density at radius 2 is 2.24 bits per heavy atom. The highest BCUT2D eigenvalue weighted by atomic mass is 16.5. The van der Waals surface area contributed by atoms with Crippen LogP contribution in [0.1, 0.15) is 18.1 Å². The third kappa shape index (κ3) is 5.88. The molecule has 1 aliphatic heterocycles. The Balaban J connectivity index is 1.98. The largest absolute Gasteiger partial charge is 0.504 e. The number of carbonyl (C=O) groups is 1. The number of hydrogen-bond acceptors (Lipinski definition) is 6. The number of ether oxygens (including phenoxy) is 2. The molecule has 2 rings (SSSR count). The van der Waals surface area contributed by atoms with E-state index in [9.17, 15) is 9.90 Å². The van der Waals surface area contributed by atoms with Crippen molar-refractivity contribution < 1.29 is 19.4 Å². The molecule has 1 saturated heterocycles. The molecule has 1 fully saturated rings. The van der Waals surface area contributed by atoms with Gasteiger partial charge >= 0.3 is 0 Å². The molecule has 0 bridgehead atoms. The lowest BCUT2D eigenvalue weighted by Crippen LogP contribution is -2.42. The van der Waals surface area contributed by atoms with Crippen LogP contribution in [0.15, 0.2) is 29.9 Å². The van der Waals surface area contributed by atoms with Gasteiger partial charge in [-0.1, -0.05) is 6.08 Å². The molecule has 0 spiro atoms. The molecule has 0 unspecified atom stereocenters. The van der Waals surface area contributed by atoms with Crippen LogP contribution in [0.3, 0.4) is 0 Å². The van der Waals surface area contributed by atoms with Crippen molar-refractivity contribution >= 4 is 12.1 Å². The van der Waals surface area contributed by atoms with Crippen LogP contribution in [0, 0.1) is 0 Å². The van der Waals surface area contributed by atoms with Crippen molar-refractivity contribution in [1.29, 1.82) is 0 Å². The average Bonchev–Trinajstić information content (AvgIpc) is 2.60. The fourth-order valence-corrected chi connectivity index (χ4v) is 2.52. The molecule has 1 amide bonds. The van der Waals surface area contributed by atoms with Gasteiger partial charge in [-0.3, -0.25) is 9.69 Å². The number of aromatic hydroxyl groups is 1. The number of carbonyl (C=O) groups excluding carboxylic acids is 1. The van der Waals surface area contributed by atoms with Crippen LogP contribution in [-0.2, 0) is 16.0 Å². The van der Waals surface area contributed by atoms with E-state index in [4.69, 9.17) is 9.47 Å². The summed E-state index contributed by atoms with van der Waals surface area (Å²) < 4.78 is 10.7. The first-order valence-corrected chi connectivity index (χ1v) is 8.35. The summed E-state index contributed by atoms with van der Waals surface area (Å²) >= 11 is 0. The zero-order valence-electron chi connectivity index (χ0n) is 14.5. The zero-order valence-corrected chi connectivity index (χ0v) is 14.5. The van der Waals surface area contributed by atoms with Gasteiger partial charge in [-0.15, -0.1) is 6.58 Å². The minimum atomic E-state index is -0.173. The van der Waals surface area contributed by atoms with Crippen molar-refractivity contribution in [2.75, 3.05) is 39.5 Å². The van der Waals surface area contributed by atoms with Crippen molar-refractivity contribution in [3.05, 3.63) is 35.9 Å². The van der Waals surface area contributed by atoms with E-state index in [1.807, 2.05) is 11.8 Å². The maximum absolute atomic E-state index is 11.9. The average molecular weight is 347 g/mol. The van der Waals surface area contributed by atoms with Gasteiger partial charge in [0, 0.05) is 18.7 Å². The monoisotopic (exact) mass is 347 g/mol. The van der Waals surface area contributed by atoms with Gasteiger partial charge in [0.1, 0.15) is 0 Å². The number of phenols is 1. The SMILES string of the molecule is C=CCc1cc(/C=N/NC(=O)CN2CCOCC2)cc(OCC)c1O. The maximum atomic E-state index is 11.9. The number of nitrogens with one attached hydrogen (secondary N) is 1. The lowest BCUT2D eigenvalue weighted by Gasteiger charge is -2.25. The molecule has 136 valence electrons. The summed E-state index contributed by atoms with van der Waals surface area (Å²) in [7, 11) is 0. The summed E-state index contributed by atoms with van der Waals surface area (Å²) in [5, 5.41) is 14.2. The summed E-state index contributed by atoms with van der Waals surface area (Å²) in [4.78, 5) is 13.9. The number of amides is 1. The van der Waals surface area contributed by atoms with E-state index >= 15 is 0 Å². The Morgan fingerprint density at radius 1 is 1.48 bits per heavy atom. The first-order valence-electron chi connectivity index (χ1n) is 8.35. The molecular formula is C18H25N3O4. The normalized spacial score (nSPS) is 15.2. The van der Waals surface area contributed by atoms with E-state index in [-0.39, 0.29) is 11.7 Å². The second-order valence-corrected chi connectivity index (χ2v) is 5.63. The van der Waals surface area contributed by atoms with Crippen LogP contribution in [0.2, 0.25) is 0 Å². The van der Waals surface area contributed by atoms with Crippen molar-refractivity contribution in [2.45, 2.75) is 13.3 Å². The van der Waals surface area contributed by atoms with Gasteiger partial charge in [0.15, 0.2) is 11.5 Å². The van der Waals surface area contributed by atoms with Crippen LogP contribution in [-0.4, -0.2) is 61.6 Å². The Kier molecular flexibility index (Phi) is 7.43. The highest BCUT2D eigenvalue weighted by molar-refractivity contribution is 5.84. The van der Waals surface area contributed by atoms with E-state index in [2.05, 4.69) is 17.1 Å². The van der Waals surface area contributed by atoms with Crippen LogP contribution in [0.25, 0.3) is 0 Å². The third-order valence-corrected chi connectivity index (χ3v) is 3.71. The second-order valence-electron chi connectivity index (χ2n) is 5.63. The molecule has 2 N–H and O–H groups in total. The Labute approximate surface area is 147 Å². The summed E-state index contributed by atoms with van der Waals surface area (Å²) in [6, 6.07) is 3.47. The number of morpholine rings is 1. The minimum absolute atomic E-state index is 0.107. The third-order valence-electron chi connectivity index (χ3n) is 3.71. The summed E-state index contributed by atoms with van der Waals surface area (Å²) in [6.45, 7) is 9.06. The zero-order chi connectivity index (χ0) is 18.1. The predicted molar refractivity (Wildman–Crippen MR) is 96.2 cm³/mol. The standard InChI is InChI=1S/C18H25N3O4/c1-3-5-15-10-14(11-16(18(15)23)25-4-2)12-19-20-17(22)13-21-6-8-24-9-7-21/h3,10-12,23H,1,4-9,13H2,2H3,(H,20,22)/b19-12+. The lowest BCUT2D eigenvalue weighted by molar-refractivity contribution is -0.123. The second kappa shape index (κ2) is 9.80. The van der Waals surface area contributed by atoms with Crippen LogP contribution in [0.5, 0.6) is 11.5 Å². The molecule has 0 aromatic heterocycles. The summed E-state index contributed by atoms with van der Waals surface area (Å²) in [6.07, 6.45) is 3.75. The highest BCUT2D eigenvalue weighted by Gasteiger charge is 2.13. The minimum Gasteiger partial charge on any atom is -0.504 e. The van der Waals surface area contributed by atoms with Crippen molar-refractivity contribution in [1.82, 2.24) is 10.3 Å². The molecular weight excluding hydrogens is 322 g/mol. The first kappa shape index (κ1) is 19.0. The van der Waals surface area contributed by atoms with E-state index in [0.29, 0.717) is 44.1 Å². The van der Waals surface area contributed by atoms with E-state index in [1.54, 1.807) is 18.2 Å². The fourth-order valence-electron chi connectivity index (χ4n) is 2.52. The fraction of sp³-hybridized carbons (Fsp3) is 0.444. The Bertz CT molecular complexity index is 625. The van der Waals surface area contributed by atoms with Gasteiger partial charge in [-0.2, -0.15) is 5.10 Å². The number of hydrazone groups is 1. The van der Waals surface area contributed by atoms with Gasteiger partial charge in [-0.05, 0) is 31.0 Å². The molecule has 1 aromatic rings. The number of allylic oxidation sites excluding steroid dienone is 1. The van der Waals surface area contributed by atoms with E-state index in [1.165, 1.54) is 6.21 Å². The first-order chi connectivity index (χ1) is 12.1. The number of phenolic OH excluding ortho intramolecular Hbond substituents is 1. The molecule has 0 radical (unpaired) electrons. The molecule has 7 nitrogen and oxygen atoms in total. The molecule has 0 aliphatic carbocycles. The van der Waals surface area contributed by atoms with Crippen molar-refractivity contribution in [3.63, 3.8) is 0 Å². The predicted octanol–water partition coefficient (Wildman–Crippen LogP) is 1.30. The topological polar surface area (TPSA) is 83.4 Å². The molecule has 1 aliphatic rings. The quantitative estimate of drug-likeness (QED) is 0.421.